The predicted octanol–water partition coefficient (Wildman–Crippen LogP) is 2.69. The van der Waals surface area contributed by atoms with Crippen LogP contribution in [0.25, 0.3) is 0 Å². The Morgan fingerprint density at radius 3 is 2.79 bits per heavy atom. The summed E-state index contributed by atoms with van der Waals surface area (Å²) in [7, 11) is 1.71. The van der Waals surface area contributed by atoms with Crippen molar-refractivity contribution in [3.63, 3.8) is 0 Å². The molecule has 128 valence electrons. The molecule has 3 rings (SSSR count). The molecular weight excluding hydrogens is 302 g/mol. The van der Waals surface area contributed by atoms with Crippen LogP contribution in [0.5, 0.6) is 5.75 Å². The average Bonchev–Trinajstić information content (AvgIpc) is 3.00. The highest BCUT2D eigenvalue weighted by molar-refractivity contribution is 5.43. The number of likely N-dealkylation sites (tertiary alicyclic amines) is 1. The monoisotopic (exact) mass is 327 g/mol. The number of ether oxygens (including phenoxy) is 1. The Bertz CT molecular complexity index is 798. The lowest BCUT2D eigenvalue weighted by molar-refractivity contribution is 0.325. The van der Waals surface area contributed by atoms with Crippen LogP contribution in [0.15, 0.2) is 23.0 Å². The van der Waals surface area contributed by atoms with Gasteiger partial charge in [-0.25, -0.2) is 4.98 Å². The van der Waals surface area contributed by atoms with E-state index >= 15 is 0 Å². The maximum absolute atomic E-state index is 11.7. The van der Waals surface area contributed by atoms with Gasteiger partial charge in [-0.15, -0.1) is 0 Å². The van der Waals surface area contributed by atoms with E-state index in [0.29, 0.717) is 11.7 Å². The summed E-state index contributed by atoms with van der Waals surface area (Å²) in [5.74, 6) is 1.97. The molecule has 1 aliphatic rings. The third-order valence-electron chi connectivity index (χ3n) is 5.03. The van der Waals surface area contributed by atoms with E-state index in [1.807, 2.05) is 13.0 Å². The molecule has 1 atom stereocenters. The number of benzene rings is 1. The van der Waals surface area contributed by atoms with E-state index in [0.717, 1.165) is 37.5 Å². The standard InChI is InChI=1S/C19H25N3O2/c1-12-13(2)18(24-4)6-5-15(12)10-22-8-7-16(11-22)17-9-19(23)21-14(3)20-17/h5-6,9,16H,7-8,10-11H2,1-4H3,(H,20,21,23). The maximum Gasteiger partial charge on any atom is 0.251 e. The molecule has 0 aliphatic carbocycles. The van der Waals surface area contributed by atoms with Crippen molar-refractivity contribution in [2.75, 3.05) is 20.2 Å². The van der Waals surface area contributed by atoms with Crippen molar-refractivity contribution in [3.05, 3.63) is 56.8 Å². The van der Waals surface area contributed by atoms with Gasteiger partial charge in [0.25, 0.3) is 5.56 Å². The van der Waals surface area contributed by atoms with Gasteiger partial charge in [-0.05, 0) is 56.5 Å². The maximum atomic E-state index is 11.7. The highest BCUT2D eigenvalue weighted by atomic mass is 16.5. The van der Waals surface area contributed by atoms with E-state index in [1.165, 1.54) is 16.7 Å². The zero-order chi connectivity index (χ0) is 17.3. The number of hydrogen-bond acceptors (Lipinski definition) is 4. The summed E-state index contributed by atoms with van der Waals surface area (Å²) in [6, 6.07) is 5.85. The topological polar surface area (TPSA) is 58.2 Å². The number of nitrogens with zero attached hydrogens (tertiary/aromatic N) is 2. The minimum Gasteiger partial charge on any atom is -0.496 e. The molecule has 0 amide bonds. The van der Waals surface area contributed by atoms with Gasteiger partial charge < -0.3 is 9.72 Å². The number of hydrogen-bond donors (Lipinski definition) is 1. The molecule has 1 saturated heterocycles. The van der Waals surface area contributed by atoms with Crippen LogP contribution in [0.2, 0.25) is 0 Å². The first kappa shape index (κ1) is 16.7. The highest BCUT2D eigenvalue weighted by Crippen LogP contribution is 2.29. The van der Waals surface area contributed by atoms with Crippen molar-refractivity contribution in [2.45, 2.75) is 39.7 Å². The quantitative estimate of drug-likeness (QED) is 0.938. The molecule has 0 saturated carbocycles. The molecule has 2 heterocycles. The molecule has 1 fully saturated rings. The summed E-state index contributed by atoms with van der Waals surface area (Å²) in [5.41, 5.74) is 4.70. The molecular formula is C19H25N3O2. The predicted molar refractivity (Wildman–Crippen MR) is 94.7 cm³/mol. The second kappa shape index (κ2) is 6.77. The number of aryl methyl sites for hydroxylation is 1. The van der Waals surface area contributed by atoms with Crippen LogP contribution in [0.3, 0.4) is 0 Å². The first-order chi connectivity index (χ1) is 11.5. The molecule has 5 heteroatoms. The fourth-order valence-electron chi connectivity index (χ4n) is 3.51. The summed E-state index contributed by atoms with van der Waals surface area (Å²) in [5, 5.41) is 0. The highest BCUT2D eigenvalue weighted by Gasteiger charge is 2.26. The smallest absolute Gasteiger partial charge is 0.251 e. The van der Waals surface area contributed by atoms with Crippen molar-refractivity contribution in [1.29, 1.82) is 0 Å². The van der Waals surface area contributed by atoms with E-state index in [2.05, 4.69) is 34.8 Å². The molecule has 1 aromatic carbocycles. The fourth-order valence-corrected chi connectivity index (χ4v) is 3.51. The van der Waals surface area contributed by atoms with Crippen molar-refractivity contribution in [1.82, 2.24) is 14.9 Å². The van der Waals surface area contributed by atoms with Gasteiger partial charge in [0.1, 0.15) is 11.6 Å². The van der Waals surface area contributed by atoms with Crippen molar-refractivity contribution < 1.29 is 4.74 Å². The molecule has 1 aliphatic heterocycles. The van der Waals surface area contributed by atoms with Crippen LogP contribution in [0.1, 0.15) is 40.5 Å². The largest absolute Gasteiger partial charge is 0.496 e. The summed E-state index contributed by atoms with van der Waals surface area (Å²) in [4.78, 5) is 21.3. The van der Waals surface area contributed by atoms with E-state index < -0.39 is 0 Å². The van der Waals surface area contributed by atoms with Gasteiger partial charge in [0, 0.05) is 25.1 Å². The van der Waals surface area contributed by atoms with E-state index in [9.17, 15) is 4.79 Å². The molecule has 5 nitrogen and oxygen atoms in total. The average molecular weight is 327 g/mol. The summed E-state index contributed by atoms with van der Waals surface area (Å²) < 4.78 is 5.39. The Balaban J connectivity index is 1.73. The third-order valence-corrected chi connectivity index (χ3v) is 5.03. The fraction of sp³-hybridized carbons (Fsp3) is 0.474. The molecule has 0 bridgehead atoms. The molecule has 1 aromatic heterocycles. The summed E-state index contributed by atoms with van der Waals surface area (Å²) in [6.07, 6.45) is 1.05. The lowest BCUT2D eigenvalue weighted by Gasteiger charge is -2.19. The van der Waals surface area contributed by atoms with Gasteiger partial charge in [0.05, 0.1) is 12.8 Å². The number of aromatic nitrogens is 2. The molecule has 1 N–H and O–H groups in total. The Hall–Kier alpha value is -2.14. The lowest BCUT2D eigenvalue weighted by Crippen LogP contribution is -2.21. The molecule has 24 heavy (non-hydrogen) atoms. The van der Waals surface area contributed by atoms with Gasteiger partial charge in [0.2, 0.25) is 0 Å². The van der Waals surface area contributed by atoms with Gasteiger partial charge >= 0.3 is 0 Å². The number of nitrogens with one attached hydrogen (secondary N) is 1. The first-order valence-corrected chi connectivity index (χ1v) is 8.41. The minimum atomic E-state index is -0.0578. The second-order valence-electron chi connectivity index (χ2n) is 6.65. The van der Waals surface area contributed by atoms with Gasteiger partial charge in [-0.3, -0.25) is 9.69 Å². The molecule has 2 aromatic rings. The summed E-state index contributed by atoms with van der Waals surface area (Å²) >= 11 is 0. The number of methoxy groups -OCH3 is 1. The molecule has 1 unspecified atom stereocenters. The Kier molecular flexibility index (Phi) is 4.71. The van der Waals surface area contributed by atoms with Crippen molar-refractivity contribution >= 4 is 0 Å². The Morgan fingerprint density at radius 2 is 2.08 bits per heavy atom. The Labute approximate surface area is 142 Å². The number of H-pyrrole nitrogens is 1. The summed E-state index contributed by atoms with van der Waals surface area (Å²) in [6.45, 7) is 9.00. The van der Waals surface area contributed by atoms with Gasteiger partial charge in [0.15, 0.2) is 0 Å². The van der Waals surface area contributed by atoms with Crippen LogP contribution in [0.4, 0.5) is 0 Å². The van der Waals surface area contributed by atoms with E-state index in [4.69, 9.17) is 4.74 Å². The zero-order valence-corrected chi connectivity index (χ0v) is 14.8. The number of aromatic amines is 1. The zero-order valence-electron chi connectivity index (χ0n) is 14.8. The van der Waals surface area contributed by atoms with E-state index in [-0.39, 0.29) is 5.56 Å². The minimum absolute atomic E-state index is 0.0578. The third kappa shape index (κ3) is 3.36. The second-order valence-corrected chi connectivity index (χ2v) is 6.65. The van der Waals surface area contributed by atoms with E-state index in [1.54, 1.807) is 13.2 Å². The van der Waals surface area contributed by atoms with Crippen LogP contribution in [-0.4, -0.2) is 35.1 Å². The van der Waals surface area contributed by atoms with Gasteiger partial charge in [-0.2, -0.15) is 0 Å². The van der Waals surface area contributed by atoms with Crippen LogP contribution in [0, 0.1) is 20.8 Å². The van der Waals surface area contributed by atoms with Crippen LogP contribution < -0.4 is 10.3 Å². The normalized spacial score (nSPS) is 18.1. The Morgan fingerprint density at radius 1 is 1.29 bits per heavy atom. The first-order valence-electron chi connectivity index (χ1n) is 8.41. The van der Waals surface area contributed by atoms with Crippen LogP contribution >= 0.6 is 0 Å². The molecule has 0 radical (unpaired) electrons. The van der Waals surface area contributed by atoms with Crippen molar-refractivity contribution in [3.8, 4) is 5.75 Å². The number of rotatable bonds is 4. The lowest BCUT2D eigenvalue weighted by atomic mass is 10.0. The van der Waals surface area contributed by atoms with Crippen molar-refractivity contribution in [2.24, 2.45) is 0 Å². The SMILES string of the molecule is COc1ccc(CN2CCC(c3cc(=O)[nH]c(C)n3)C2)c(C)c1C. The molecule has 0 spiro atoms. The van der Waals surface area contributed by atoms with Crippen LogP contribution in [-0.2, 0) is 6.54 Å². The van der Waals surface area contributed by atoms with Gasteiger partial charge in [-0.1, -0.05) is 6.07 Å².